The van der Waals surface area contributed by atoms with Crippen LogP contribution in [0.5, 0.6) is 0 Å². The molecule has 84 valence electrons. The lowest BCUT2D eigenvalue weighted by molar-refractivity contribution is -0.125. The number of nitrogens with one attached hydrogen (secondary N) is 1. The third-order valence-electron chi connectivity index (χ3n) is 1.56. The summed E-state index contributed by atoms with van der Waals surface area (Å²) in [5.74, 6) is -0.191. The Balaban J connectivity index is 3.72. The number of nitrogens with two attached hydrogens (primary N) is 1. The molecule has 14 heavy (non-hydrogen) atoms. The molecule has 0 spiro atoms. The van der Waals surface area contributed by atoms with Gasteiger partial charge in [0.1, 0.15) is 9.84 Å². The molecule has 0 bridgehead atoms. The maximum Gasteiger partial charge on any atom is 0.239 e. The number of hydrogen-bond donors (Lipinski definition) is 2. The highest BCUT2D eigenvalue weighted by atomic mass is 32.2. The van der Waals surface area contributed by atoms with Crippen LogP contribution in [0.15, 0.2) is 0 Å². The molecule has 0 unspecified atom stereocenters. The van der Waals surface area contributed by atoms with Gasteiger partial charge in [0.05, 0.1) is 11.3 Å². The molecule has 5 nitrogen and oxygen atoms in total. The molecule has 0 heterocycles. The Morgan fingerprint density at radius 3 is 2.29 bits per heavy atom. The number of sulfone groups is 1. The van der Waals surface area contributed by atoms with Crippen molar-refractivity contribution in [2.24, 2.45) is 5.73 Å². The molecule has 0 aliphatic carbocycles. The maximum atomic E-state index is 11.2. The average Bonchev–Trinajstić information content (AvgIpc) is 1.93. The van der Waals surface area contributed by atoms with E-state index in [1.54, 1.807) is 13.8 Å². The van der Waals surface area contributed by atoms with Crippen LogP contribution in [0.1, 0.15) is 20.3 Å². The summed E-state index contributed by atoms with van der Waals surface area (Å²) in [5.41, 5.74) is 4.61. The first kappa shape index (κ1) is 13.4. The van der Waals surface area contributed by atoms with Gasteiger partial charge in [-0.3, -0.25) is 4.79 Å². The Kier molecular flexibility index (Phi) is 4.54. The summed E-state index contributed by atoms with van der Waals surface area (Å²) in [5, 5.41) is 2.57. The van der Waals surface area contributed by atoms with Crippen molar-refractivity contribution in [3.05, 3.63) is 0 Å². The molecular weight excluding hydrogens is 204 g/mol. The van der Waals surface area contributed by atoms with Crippen LogP contribution in [-0.4, -0.2) is 38.4 Å². The average molecular weight is 222 g/mol. The van der Waals surface area contributed by atoms with Crippen LogP contribution < -0.4 is 11.1 Å². The van der Waals surface area contributed by atoms with Gasteiger partial charge in [-0.15, -0.1) is 0 Å². The molecule has 0 aromatic rings. The minimum absolute atomic E-state index is 0.0816. The Bertz CT molecular complexity index is 290. The van der Waals surface area contributed by atoms with Crippen LogP contribution in [-0.2, 0) is 14.6 Å². The summed E-state index contributed by atoms with van der Waals surface area (Å²) < 4.78 is 21.5. The van der Waals surface area contributed by atoms with E-state index in [1.807, 2.05) is 0 Å². The summed E-state index contributed by atoms with van der Waals surface area (Å²) in [6.07, 6.45) is 1.59. The second kappa shape index (κ2) is 4.75. The Labute approximate surface area is 85.0 Å². The molecule has 0 aromatic heterocycles. The molecule has 0 atom stereocenters. The number of amides is 1. The molecule has 0 aliphatic heterocycles. The molecular formula is C8H18N2O3S. The van der Waals surface area contributed by atoms with Gasteiger partial charge in [-0.1, -0.05) is 0 Å². The minimum atomic E-state index is -2.94. The number of rotatable bonds is 5. The monoisotopic (exact) mass is 222 g/mol. The van der Waals surface area contributed by atoms with E-state index in [0.29, 0.717) is 13.0 Å². The van der Waals surface area contributed by atoms with Gasteiger partial charge in [-0.2, -0.15) is 0 Å². The fraction of sp³-hybridized carbons (Fsp3) is 0.875. The quantitative estimate of drug-likeness (QED) is 0.600. The highest BCUT2D eigenvalue weighted by Gasteiger charge is 2.20. The molecule has 0 saturated carbocycles. The van der Waals surface area contributed by atoms with Gasteiger partial charge in [-0.05, 0) is 20.3 Å². The van der Waals surface area contributed by atoms with Crippen molar-refractivity contribution in [3.63, 3.8) is 0 Å². The summed E-state index contributed by atoms with van der Waals surface area (Å²) in [6, 6.07) is 0. The van der Waals surface area contributed by atoms with Gasteiger partial charge in [-0.25, -0.2) is 8.42 Å². The van der Waals surface area contributed by atoms with E-state index >= 15 is 0 Å². The topological polar surface area (TPSA) is 89.3 Å². The zero-order valence-electron chi connectivity index (χ0n) is 8.83. The van der Waals surface area contributed by atoms with Crippen LogP contribution >= 0.6 is 0 Å². The molecule has 0 rings (SSSR count). The minimum Gasteiger partial charge on any atom is -0.354 e. The summed E-state index contributed by atoms with van der Waals surface area (Å²) >= 11 is 0. The summed E-state index contributed by atoms with van der Waals surface area (Å²) in [4.78, 5) is 11.2. The number of carbonyl (C=O) groups is 1. The van der Waals surface area contributed by atoms with Crippen molar-refractivity contribution in [3.8, 4) is 0 Å². The van der Waals surface area contributed by atoms with E-state index in [0.717, 1.165) is 0 Å². The fourth-order valence-electron chi connectivity index (χ4n) is 0.764. The van der Waals surface area contributed by atoms with E-state index in [-0.39, 0.29) is 11.7 Å². The van der Waals surface area contributed by atoms with Crippen LogP contribution in [0.2, 0.25) is 0 Å². The highest BCUT2D eigenvalue weighted by Crippen LogP contribution is 1.95. The van der Waals surface area contributed by atoms with Crippen molar-refractivity contribution in [2.75, 3.05) is 18.6 Å². The van der Waals surface area contributed by atoms with Crippen molar-refractivity contribution >= 4 is 15.7 Å². The third kappa shape index (κ3) is 6.85. The molecule has 0 aliphatic rings. The van der Waals surface area contributed by atoms with Gasteiger partial charge in [0, 0.05) is 12.8 Å². The Morgan fingerprint density at radius 2 is 1.93 bits per heavy atom. The zero-order chi connectivity index (χ0) is 11.4. The van der Waals surface area contributed by atoms with Crippen molar-refractivity contribution in [1.29, 1.82) is 0 Å². The predicted octanol–water partition coefficient (Wildman–Crippen LogP) is -0.725. The van der Waals surface area contributed by atoms with Crippen molar-refractivity contribution in [1.82, 2.24) is 5.32 Å². The van der Waals surface area contributed by atoms with E-state index in [1.165, 1.54) is 6.26 Å². The lowest BCUT2D eigenvalue weighted by atomic mass is 10.1. The molecule has 6 heteroatoms. The van der Waals surface area contributed by atoms with E-state index in [4.69, 9.17) is 5.73 Å². The molecule has 0 saturated heterocycles. The number of hydrogen-bond acceptors (Lipinski definition) is 4. The fourth-order valence-corrected chi connectivity index (χ4v) is 1.43. The van der Waals surface area contributed by atoms with Crippen LogP contribution in [0.3, 0.4) is 0 Å². The Morgan fingerprint density at radius 1 is 1.43 bits per heavy atom. The molecule has 0 radical (unpaired) electrons. The molecule has 0 fully saturated rings. The largest absolute Gasteiger partial charge is 0.354 e. The van der Waals surface area contributed by atoms with Gasteiger partial charge in [0.25, 0.3) is 0 Å². The van der Waals surface area contributed by atoms with Gasteiger partial charge < -0.3 is 11.1 Å². The first-order valence-electron chi connectivity index (χ1n) is 4.38. The van der Waals surface area contributed by atoms with Gasteiger partial charge in [0.15, 0.2) is 0 Å². The first-order chi connectivity index (χ1) is 6.13. The van der Waals surface area contributed by atoms with E-state index in [9.17, 15) is 13.2 Å². The first-order valence-corrected chi connectivity index (χ1v) is 6.44. The normalized spacial score (nSPS) is 12.6. The molecule has 3 N–H and O–H groups in total. The second-order valence-corrected chi connectivity index (χ2v) is 6.22. The SMILES string of the molecule is CC(C)(N)C(=O)NCCCS(C)(=O)=O. The standard InChI is InChI=1S/C8H18N2O3S/c1-8(2,9)7(11)10-5-4-6-14(3,12)13/h4-6,9H2,1-3H3,(H,10,11). The second-order valence-electron chi connectivity index (χ2n) is 3.96. The van der Waals surface area contributed by atoms with E-state index < -0.39 is 15.4 Å². The van der Waals surface area contributed by atoms with Gasteiger partial charge in [0.2, 0.25) is 5.91 Å². The number of carbonyl (C=O) groups excluding carboxylic acids is 1. The summed E-state index contributed by atoms with van der Waals surface area (Å²) in [7, 11) is -2.94. The lowest BCUT2D eigenvalue weighted by Gasteiger charge is -2.17. The smallest absolute Gasteiger partial charge is 0.239 e. The van der Waals surface area contributed by atoms with Crippen LogP contribution in [0, 0.1) is 0 Å². The summed E-state index contributed by atoms with van der Waals surface area (Å²) in [6.45, 7) is 3.53. The van der Waals surface area contributed by atoms with Gasteiger partial charge >= 0.3 is 0 Å². The third-order valence-corrected chi connectivity index (χ3v) is 2.59. The maximum absolute atomic E-state index is 11.2. The molecule has 0 aromatic carbocycles. The zero-order valence-corrected chi connectivity index (χ0v) is 9.65. The van der Waals surface area contributed by atoms with E-state index in [2.05, 4.69) is 5.32 Å². The van der Waals surface area contributed by atoms with Crippen molar-refractivity contribution < 1.29 is 13.2 Å². The molecule has 1 amide bonds. The van der Waals surface area contributed by atoms with Crippen LogP contribution in [0.25, 0.3) is 0 Å². The predicted molar refractivity (Wildman–Crippen MR) is 55.6 cm³/mol. The van der Waals surface area contributed by atoms with Crippen molar-refractivity contribution in [2.45, 2.75) is 25.8 Å². The van der Waals surface area contributed by atoms with Crippen LogP contribution in [0.4, 0.5) is 0 Å². The lowest BCUT2D eigenvalue weighted by Crippen LogP contribution is -2.49. The highest BCUT2D eigenvalue weighted by molar-refractivity contribution is 7.90. The Hall–Kier alpha value is -0.620.